The van der Waals surface area contributed by atoms with E-state index in [1.54, 1.807) is 16.0 Å². The number of fused-ring (bicyclic) bond motifs is 1. The number of para-hydroxylation sites is 3. The van der Waals surface area contributed by atoms with E-state index in [4.69, 9.17) is 0 Å². The number of nitrogens with zero attached hydrogens (tertiary/aromatic N) is 4. The number of hydrogen-bond donors (Lipinski definition) is 1. The van der Waals surface area contributed by atoms with Gasteiger partial charge in [0, 0.05) is 12.4 Å². The minimum Gasteiger partial charge on any atom is -0.322 e. The molecular weight excluding hydrogens is 333 g/mol. The van der Waals surface area contributed by atoms with E-state index in [0.29, 0.717) is 11.8 Å². The van der Waals surface area contributed by atoms with Gasteiger partial charge in [0.1, 0.15) is 5.84 Å². The first-order valence-electron chi connectivity index (χ1n) is 8.00. The molecule has 3 rings (SSSR count). The van der Waals surface area contributed by atoms with Crippen LogP contribution >= 0.6 is 7.44 Å². The Morgan fingerprint density at radius 3 is 2.36 bits per heavy atom. The lowest BCUT2D eigenvalue weighted by atomic mass is 10.3. The minimum absolute atomic E-state index is 0.499. The van der Waals surface area contributed by atoms with Gasteiger partial charge in [-0.15, -0.1) is 0 Å². The van der Waals surface area contributed by atoms with Crippen molar-refractivity contribution >= 4 is 35.9 Å². The summed E-state index contributed by atoms with van der Waals surface area (Å²) in [5.41, 5.74) is 2.61. The van der Waals surface area contributed by atoms with Crippen LogP contribution in [0.25, 0.3) is 11.0 Å². The van der Waals surface area contributed by atoms with E-state index < -0.39 is 7.44 Å². The Kier molecular flexibility index (Phi) is 4.75. The fourth-order valence-corrected chi connectivity index (χ4v) is 4.11. The minimum atomic E-state index is -2.83. The zero-order valence-corrected chi connectivity index (χ0v) is 15.7. The summed E-state index contributed by atoms with van der Waals surface area (Å²) < 4.78 is 16.9. The summed E-state index contributed by atoms with van der Waals surface area (Å²) in [5, 5.41) is 0. The maximum Gasteiger partial charge on any atom is 0.241 e. The maximum absolute atomic E-state index is 13.4. The molecule has 2 aromatic carbocycles. The van der Waals surface area contributed by atoms with Crippen molar-refractivity contribution in [3.63, 3.8) is 0 Å². The fourth-order valence-electron chi connectivity index (χ4n) is 2.61. The second kappa shape index (κ2) is 6.82. The first kappa shape index (κ1) is 17.4. The van der Waals surface area contributed by atoms with Gasteiger partial charge in [-0.1, -0.05) is 30.3 Å². The zero-order chi connectivity index (χ0) is 18.0. The molecule has 3 aromatic rings. The molecule has 0 bridgehead atoms. The molecule has 6 nitrogen and oxygen atoms in total. The summed E-state index contributed by atoms with van der Waals surface area (Å²) >= 11 is 0. The van der Waals surface area contributed by atoms with E-state index in [1.165, 1.54) is 0 Å². The highest BCUT2D eigenvalue weighted by molar-refractivity contribution is 7.63. The Hall–Kier alpha value is -2.43. The number of rotatable bonds is 4. The molecule has 0 aliphatic carbocycles. The van der Waals surface area contributed by atoms with Crippen LogP contribution in [-0.4, -0.2) is 41.2 Å². The second-order valence-electron chi connectivity index (χ2n) is 6.07. The van der Waals surface area contributed by atoms with Crippen LogP contribution < -0.4 is 4.67 Å². The standard InChI is InChI=1S/C18H22N5OP/c1-14(19-18-20-16-12-8-9-13-17(16)21-18)23(25(4,24)22(2)3)15-10-6-5-7-11-15/h5-13H,1-4H3,(H,20,21)/b19-14-. The molecule has 1 aromatic heterocycles. The van der Waals surface area contributed by atoms with E-state index in [-0.39, 0.29) is 0 Å². The van der Waals surface area contributed by atoms with Crippen LogP contribution in [0.3, 0.4) is 0 Å². The number of aromatic nitrogens is 2. The van der Waals surface area contributed by atoms with Crippen molar-refractivity contribution in [1.82, 2.24) is 14.6 Å². The third-order valence-electron chi connectivity index (χ3n) is 4.07. The second-order valence-corrected chi connectivity index (χ2v) is 8.94. The Balaban J connectivity index is 2.07. The van der Waals surface area contributed by atoms with Crippen molar-refractivity contribution in [1.29, 1.82) is 0 Å². The van der Waals surface area contributed by atoms with Crippen LogP contribution in [0, 0.1) is 0 Å². The summed E-state index contributed by atoms with van der Waals surface area (Å²) in [5.74, 6) is 1.11. The number of imidazole rings is 1. The van der Waals surface area contributed by atoms with E-state index in [0.717, 1.165) is 16.7 Å². The third-order valence-corrected chi connectivity index (χ3v) is 6.81. The van der Waals surface area contributed by atoms with Gasteiger partial charge in [0.2, 0.25) is 13.4 Å². The number of aliphatic imine (C=N–C) groups is 1. The van der Waals surface area contributed by atoms with Gasteiger partial charge >= 0.3 is 0 Å². The predicted molar refractivity (Wildman–Crippen MR) is 105 cm³/mol. The summed E-state index contributed by atoms with van der Waals surface area (Å²) in [6, 6.07) is 17.4. The predicted octanol–water partition coefficient (Wildman–Crippen LogP) is 4.50. The van der Waals surface area contributed by atoms with Crippen LogP contribution in [0.1, 0.15) is 6.92 Å². The zero-order valence-electron chi connectivity index (χ0n) is 14.8. The largest absolute Gasteiger partial charge is 0.322 e. The van der Waals surface area contributed by atoms with E-state index >= 15 is 0 Å². The Labute approximate surface area is 147 Å². The average Bonchev–Trinajstić information content (AvgIpc) is 2.97. The first-order valence-corrected chi connectivity index (χ1v) is 10.1. The normalized spacial score (nSPS) is 14.7. The van der Waals surface area contributed by atoms with Crippen LogP contribution in [-0.2, 0) is 4.57 Å². The number of aromatic amines is 1. The molecule has 25 heavy (non-hydrogen) atoms. The molecular formula is C18H22N5OP. The molecule has 0 aliphatic rings. The third kappa shape index (κ3) is 3.50. The number of nitrogens with one attached hydrogen (secondary N) is 1. The summed E-state index contributed by atoms with van der Waals surface area (Å²) in [6.45, 7) is 3.58. The van der Waals surface area contributed by atoms with Crippen molar-refractivity contribution in [2.75, 3.05) is 25.4 Å². The van der Waals surface area contributed by atoms with Gasteiger partial charge in [0.15, 0.2) is 0 Å². The smallest absolute Gasteiger partial charge is 0.241 e. The van der Waals surface area contributed by atoms with Crippen molar-refractivity contribution in [3.8, 4) is 0 Å². The van der Waals surface area contributed by atoms with Crippen molar-refractivity contribution < 1.29 is 4.57 Å². The topological polar surface area (TPSA) is 64.6 Å². The maximum atomic E-state index is 13.4. The molecule has 0 fully saturated rings. The molecule has 1 atom stereocenters. The monoisotopic (exact) mass is 355 g/mol. The molecule has 0 radical (unpaired) electrons. The highest BCUT2D eigenvalue weighted by Gasteiger charge is 2.30. The molecule has 1 N–H and O–H groups in total. The number of benzene rings is 2. The molecule has 1 heterocycles. The Morgan fingerprint density at radius 2 is 1.72 bits per heavy atom. The lowest BCUT2D eigenvalue weighted by Crippen LogP contribution is -2.31. The van der Waals surface area contributed by atoms with E-state index in [2.05, 4.69) is 15.0 Å². The highest BCUT2D eigenvalue weighted by Crippen LogP contribution is 2.50. The molecule has 0 spiro atoms. The van der Waals surface area contributed by atoms with Gasteiger partial charge in [-0.3, -0.25) is 9.24 Å². The van der Waals surface area contributed by atoms with E-state index in [9.17, 15) is 4.57 Å². The lowest BCUT2D eigenvalue weighted by Gasteiger charge is -2.34. The van der Waals surface area contributed by atoms with Crippen LogP contribution in [0.2, 0.25) is 0 Å². The molecule has 0 saturated carbocycles. The molecule has 0 amide bonds. The highest BCUT2D eigenvalue weighted by atomic mass is 31.2. The van der Waals surface area contributed by atoms with Crippen molar-refractivity contribution in [3.05, 3.63) is 54.6 Å². The molecule has 1 unspecified atom stereocenters. The van der Waals surface area contributed by atoms with Crippen LogP contribution in [0.15, 0.2) is 59.6 Å². The molecule has 0 saturated heterocycles. The average molecular weight is 355 g/mol. The van der Waals surface area contributed by atoms with Crippen molar-refractivity contribution in [2.45, 2.75) is 6.92 Å². The fraction of sp³-hybridized carbons (Fsp3) is 0.222. The summed E-state index contributed by atoms with van der Waals surface area (Å²) in [7, 11) is 0.791. The quantitative estimate of drug-likeness (QED) is 0.425. The lowest BCUT2D eigenvalue weighted by molar-refractivity contribution is 0.521. The molecule has 7 heteroatoms. The molecule has 130 valence electrons. The van der Waals surface area contributed by atoms with Crippen molar-refractivity contribution in [2.24, 2.45) is 4.99 Å². The Morgan fingerprint density at radius 1 is 1.08 bits per heavy atom. The summed E-state index contributed by atoms with van der Waals surface area (Å²) in [6.07, 6.45) is 0. The van der Waals surface area contributed by atoms with Crippen LogP contribution in [0.5, 0.6) is 0 Å². The number of H-pyrrole nitrogens is 1. The number of hydrogen-bond acceptors (Lipinski definition) is 3. The number of anilines is 1. The summed E-state index contributed by atoms with van der Waals surface area (Å²) in [4.78, 5) is 12.3. The van der Waals surface area contributed by atoms with Gasteiger partial charge in [0.25, 0.3) is 0 Å². The van der Waals surface area contributed by atoms with Gasteiger partial charge in [-0.05, 0) is 45.3 Å². The number of amidine groups is 1. The van der Waals surface area contributed by atoms with Gasteiger partial charge < -0.3 is 4.98 Å². The Bertz CT molecular complexity index is 915. The van der Waals surface area contributed by atoms with E-state index in [1.807, 2.05) is 75.6 Å². The SMILES string of the molecule is C/C(=N/c1nc2ccccc2[nH]1)N(c1ccccc1)P(C)(=O)N(C)C. The van der Waals surface area contributed by atoms with Crippen LogP contribution in [0.4, 0.5) is 11.6 Å². The molecule has 0 aliphatic heterocycles. The van der Waals surface area contributed by atoms with Gasteiger partial charge in [-0.2, -0.15) is 4.99 Å². The van der Waals surface area contributed by atoms with Gasteiger partial charge in [0.05, 0.1) is 11.0 Å². The van der Waals surface area contributed by atoms with Gasteiger partial charge in [-0.25, -0.2) is 9.65 Å². The first-order chi connectivity index (χ1) is 11.9.